The SMILES string of the molecule is Cc1cc(C(=O)N[C@@H](C)Cc2csc3ccccc23)no1. The summed E-state index contributed by atoms with van der Waals surface area (Å²) in [6, 6.07) is 10.00. The van der Waals surface area contributed by atoms with Gasteiger partial charge in [-0.25, -0.2) is 0 Å². The summed E-state index contributed by atoms with van der Waals surface area (Å²) >= 11 is 1.73. The molecule has 0 saturated carbocycles. The largest absolute Gasteiger partial charge is 0.361 e. The Bertz CT molecular complexity index is 775. The molecule has 0 fully saturated rings. The van der Waals surface area contributed by atoms with Gasteiger partial charge in [0, 0.05) is 16.8 Å². The van der Waals surface area contributed by atoms with E-state index >= 15 is 0 Å². The molecular formula is C16H16N2O2S. The summed E-state index contributed by atoms with van der Waals surface area (Å²) < 4.78 is 6.20. The van der Waals surface area contributed by atoms with Crippen LogP contribution in [0.5, 0.6) is 0 Å². The number of hydrogen-bond donors (Lipinski definition) is 1. The maximum absolute atomic E-state index is 12.0. The molecule has 3 aromatic rings. The number of benzene rings is 1. The number of aryl methyl sites for hydroxylation is 1. The molecule has 0 radical (unpaired) electrons. The van der Waals surface area contributed by atoms with E-state index in [1.165, 1.54) is 15.6 Å². The molecule has 0 spiro atoms. The Morgan fingerprint density at radius 2 is 2.24 bits per heavy atom. The molecule has 3 rings (SSSR count). The molecular weight excluding hydrogens is 284 g/mol. The van der Waals surface area contributed by atoms with Gasteiger partial charge in [0.1, 0.15) is 5.76 Å². The standard InChI is InChI=1S/C16H16N2O2S/c1-10(17-16(19)14-8-11(2)20-18-14)7-12-9-21-15-6-4-3-5-13(12)15/h3-6,8-10H,7H2,1-2H3,(H,17,19)/t10-/m0/s1. The van der Waals surface area contributed by atoms with Crippen molar-refractivity contribution in [1.29, 1.82) is 0 Å². The first-order valence-corrected chi connectivity index (χ1v) is 7.71. The molecule has 4 nitrogen and oxygen atoms in total. The second-order valence-electron chi connectivity index (χ2n) is 5.16. The highest BCUT2D eigenvalue weighted by Gasteiger charge is 2.15. The Kier molecular flexibility index (Phi) is 3.75. The summed E-state index contributed by atoms with van der Waals surface area (Å²) in [5.74, 6) is 0.440. The maximum atomic E-state index is 12.0. The summed E-state index contributed by atoms with van der Waals surface area (Å²) in [5.41, 5.74) is 1.59. The lowest BCUT2D eigenvalue weighted by molar-refractivity contribution is 0.0931. The smallest absolute Gasteiger partial charge is 0.273 e. The average Bonchev–Trinajstić information content (AvgIpc) is 3.06. The van der Waals surface area contributed by atoms with Crippen LogP contribution in [0.15, 0.2) is 40.2 Å². The molecule has 2 heterocycles. The van der Waals surface area contributed by atoms with Crippen LogP contribution in [0.4, 0.5) is 0 Å². The number of fused-ring (bicyclic) bond motifs is 1. The number of hydrogen-bond acceptors (Lipinski definition) is 4. The van der Waals surface area contributed by atoms with Gasteiger partial charge in [-0.05, 0) is 42.7 Å². The van der Waals surface area contributed by atoms with Gasteiger partial charge >= 0.3 is 0 Å². The fourth-order valence-electron chi connectivity index (χ4n) is 2.34. The Hall–Kier alpha value is -2.14. The lowest BCUT2D eigenvalue weighted by atomic mass is 10.1. The molecule has 5 heteroatoms. The molecule has 1 aromatic carbocycles. The Morgan fingerprint density at radius 3 is 3.00 bits per heavy atom. The van der Waals surface area contributed by atoms with Gasteiger partial charge in [-0.2, -0.15) is 0 Å². The number of amides is 1. The Balaban J connectivity index is 1.69. The van der Waals surface area contributed by atoms with Crippen molar-refractivity contribution in [3.8, 4) is 0 Å². The van der Waals surface area contributed by atoms with Gasteiger partial charge in [0.15, 0.2) is 5.69 Å². The summed E-state index contributed by atoms with van der Waals surface area (Å²) in [7, 11) is 0. The van der Waals surface area contributed by atoms with E-state index in [9.17, 15) is 4.79 Å². The van der Waals surface area contributed by atoms with Crippen LogP contribution in [0.3, 0.4) is 0 Å². The molecule has 1 atom stereocenters. The van der Waals surface area contributed by atoms with E-state index in [0.717, 1.165) is 6.42 Å². The fourth-order valence-corrected chi connectivity index (χ4v) is 3.32. The van der Waals surface area contributed by atoms with Crippen LogP contribution in [0.1, 0.15) is 28.7 Å². The lowest BCUT2D eigenvalue weighted by Gasteiger charge is -2.12. The zero-order valence-corrected chi connectivity index (χ0v) is 12.7. The van der Waals surface area contributed by atoms with Crippen LogP contribution >= 0.6 is 11.3 Å². The first kappa shape index (κ1) is 13.8. The molecule has 0 unspecified atom stereocenters. The van der Waals surface area contributed by atoms with E-state index in [1.807, 2.05) is 19.1 Å². The fraction of sp³-hybridized carbons (Fsp3) is 0.250. The lowest BCUT2D eigenvalue weighted by Crippen LogP contribution is -2.34. The van der Waals surface area contributed by atoms with Crippen LogP contribution < -0.4 is 5.32 Å². The molecule has 0 saturated heterocycles. The number of rotatable bonds is 4. The molecule has 21 heavy (non-hydrogen) atoms. The van der Waals surface area contributed by atoms with Gasteiger partial charge in [0.05, 0.1) is 0 Å². The van der Waals surface area contributed by atoms with Crippen molar-refractivity contribution in [3.05, 3.63) is 52.7 Å². The number of nitrogens with zero attached hydrogens (tertiary/aromatic N) is 1. The normalized spacial score (nSPS) is 12.5. The number of carbonyl (C=O) groups is 1. The van der Waals surface area contributed by atoms with E-state index < -0.39 is 0 Å². The third-order valence-corrected chi connectivity index (χ3v) is 4.34. The van der Waals surface area contributed by atoms with Gasteiger partial charge in [-0.1, -0.05) is 23.4 Å². The van der Waals surface area contributed by atoms with Crippen molar-refractivity contribution in [3.63, 3.8) is 0 Å². The minimum Gasteiger partial charge on any atom is -0.361 e. The van der Waals surface area contributed by atoms with Crippen molar-refractivity contribution in [2.45, 2.75) is 26.3 Å². The first-order valence-electron chi connectivity index (χ1n) is 6.83. The highest BCUT2D eigenvalue weighted by molar-refractivity contribution is 7.17. The van der Waals surface area contributed by atoms with Crippen LogP contribution in [0.2, 0.25) is 0 Å². The van der Waals surface area contributed by atoms with E-state index in [2.05, 4.69) is 28.0 Å². The molecule has 0 aliphatic rings. The van der Waals surface area contributed by atoms with Gasteiger partial charge in [0.2, 0.25) is 0 Å². The molecule has 0 aliphatic carbocycles. The van der Waals surface area contributed by atoms with E-state index in [1.54, 1.807) is 24.3 Å². The molecule has 0 bridgehead atoms. The van der Waals surface area contributed by atoms with Gasteiger partial charge in [0.25, 0.3) is 5.91 Å². The first-order chi connectivity index (χ1) is 10.1. The van der Waals surface area contributed by atoms with E-state index in [4.69, 9.17) is 4.52 Å². The van der Waals surface area contributed by atoms with Crippen molar-refractivity contribution in [2.24, 2.45) is 0 Å². The molecule has 1 amide bonds. The number of nitrogens with one attached hydrogen (secondary N) is 1. The highest BCUT2D eigenvalue weighted by Crippen LogP contribution is 2.26. The van der Waals surface area contributed by atoms with Gasteiger partial charge in [-0.3, -0.25) is 4.79 Å². The highest BCUT2D eigenvalue weighted by atomic mass is 32.1. The van der Waals surface area contributed by atoms with Crippen LogP contribution in [-0.4, -0.2) is 17.1 Å². The third kappa shape index (κ3) is 2.97. The van der Waals surface area contributed by atoms with E-state index in [0.29, 0.717) is 11.5 Å². The quantitative estimate of drug-likeness (QED) is 0.801. The minimum absolute atomic E-state index is 0.0347. The molecule has 2 aromatic heterocycles. The second-order valence-corrected chi connectivity index (χ2v) is 6.07. The number of aromatic nitrogens is 1. The Labute approximate surface area is 126 Å². The summed E-state index contributed by atoms with van der Waals surface area (Å²) in [6.45, 7) is 3.77. The monoisotopic (exact) mass is 300 g/mol. The number of carbonyl (C=O) groups excluding carboxylic acids is 1. The van der Waals surface area contributed by atoms with Crippen molar-refractivity contribution >= 4 is 27.3 Å². The van der Waals surface area contributed by atoms with Crippen LogP contribution in [0.25, 0.3) is 10.1 Å². The topological polar surface area (TPSA) is 55.1 Å². The van der Waals surface area contributed by atoms with Crippen molar-refractivity contribution in [1.82, 2.24) is 10.5 Å². The summed E-state index contributed by atoms with van der Waals surface area (Å²) in [6.07, 6.45) is 0.798. The molecule has 1 N–H and O–H groups in total. The number of thiophene rings is 1. The predicted octanol–water partition coefficient (Wildman–Crippen LogP) is 3.56. The summed E-state index contributed by atoms with van der Waals surface area (Å²) in [5, 5.41) is 10.1. The Morgan fingerprint density at radius 1 is 1.43 bits per heavy atom. The third-order valence-electron chi connectivity index (χ3n) is 3.33. The van der Waals surface area contributed by atoms with E-state index in [-0.39, 0.29) is 11.9 Å². The van der Waals surface area contributed by atoms with Crippen LogP contribution in [-0.2, 0) is 6.42 Å². The van der Waals surface area contributed by atoms with Crippen molar-refractivity contribution < 1.29 is 9.32 Å². The van der Waals surface area contributed by atoms with Gasteiger partial charge < -0.3 is 9.84 Å². The molecule has 0 aliphatic heterocycles. The minimum atomic E-state index is -0.195. The van der Waals surface area contributed by atoms with Gasteiger partial charge in [-0.15, -0.1) is 11.3 Å². The molecule has 108 valence electrons. The second kappa shape index (κ2) is 5.69. The zero-order valence-electron chi connectivity index (χ0n) is 11.9. The van der Waals surface area contributed by atoms with Crippen LogP contribution in [0, 0.1) is 6.92 Å². The van der Waals surface area contributed by atoms with Crippen molar-refractivity contribution in [2.75, 3.05) is 0 Å². The maximum Gasteiger partial charge on any atom is 0.273 e. The summed E-state index contributed by atoms with van der Waals surface area (Å²) in [4.78, 5) is 12.0. The predicted molar refractivity (Wildman–Crippen MR) is 83.7 cm³/mol. The zero-order chi connectivity index (χ0) is 14.8. The average molecular weight is 300 g/mol.